The number of rotatable bonds is 9. The number of oxime groups is 1. The predicted octanol–water partition coefficient (Wildman–Crippen LogP) is 3.27. The van der Waals surface area contributed by atoms with Gasteiger partial charge in [0.2, 0.25) is 11.7 Å². The molecule has 3 aromatic rings. The molecule has 10 nitrogen and oxygen atoms in total. The highest BCUT2D eigenvalue weighted by molar-refractivity contribution is 9.10. The molecule has 1 aromatic carbocycles. The van der Waals surface area contributed by atoms with Gasteiger partial charge in [0.1, 0.15) is 5.82 Å². The zero-order valence-corrected chi connectivity index (χ0v) is 17.2. The van der Waals surface area contributed by atoms with E-state index in [0.717, 1.165) is 25.0 Å². The van der Waals surface area contributed by atoms with Crippen LogP contribution in [0.3, 0.4) is 0 Å². The lowest BCUT2D eigenvalue weighted by atomic mass is 10.2. The summed E-state index contributed by atoms with van der Waals surface area (Å²) in [7, 11) is 0. The summed E-state index contributed by atoms with van der Waals surface area (Å²) in [6.07, 6.45) is 5.00. The molecule has 3 rings (SSSR count). The Morgan fingerprint density at radius 3 is 3.00 bits per heavy atom. The Bertz CT molecular complexity index is 974. The Morgan fingerprint density at radius 1 is 1.38 bits per heavy atom. The average molecular weight is 467 g/mol. The first-order valence-corrected chi connectivity index (χ1v) is 9.80. The lowest BCUT2D eigenvalue weighted by Crippen LogP contribution is -2.18. The van der Waals surface area contributed by atoms with Crippen LogP contribution in [0.2, 0.25) is 0 Å². The van der Waals surface area contributed by atoms with Crippen LogP contribution < -0.4 is 10.6 Å². The second-order valence-corrected chi connectivity index (χ2v) is 7.02. The third kappa shape index (κ3) is 5.50. The first-order chi connectivity index (χ1) is 14.1. The molecule has 0 radical (unpaired) electrons. The number of anilines is 2. The summed E-state index contributed by atoms with van der Waals surface area (Å²) in [5.41, 5.74) is 1.62. The fourth-order valence-electron chi connectivity index (χ4n) is 2.51. The van der Waals surface area contributed by atoms with Crippen LogP contribution in [-0.4, -0.2) is 42.9 Å². The minimum absolute atomic E-state index is 0.00475. The van der Waals surface area contributed by atoms with E-state index in [0.29, 0.717) is 18.8 Å². The summed E-state index contributed by atoms with van der Waals surface area (Å²) in [4.78, 5) is 0. The van der Waals surface area contributed by atoms with E-state index in [1.807, 2.05) is 6.20 Å². The van der Waals surface area contributed by atoms with Crippen LogP contribution in [0.1, 0.15) is 31.2 Å². The van der Waals surface area contributed by atoms with Crippen LogP contribution in [0.15, 0.2) is 38.7 Å². The van der Waals surface area contributed by atoms with Gasteiger partial charge >= 0.3 is 0 Å². The molecule has 0 saturated carbocycles. The molecule has 2 heterocycles. The van der Waals surface area contributed by atoms with Crippen molar-refractivity contribution in [3.63, 3.8) is 0 Å². The maximum atomic E-state index is 13.4. The summed E-state index contributed by atoms with van der Waals surface area (Å²) in [6, 6.07) is 4.27. The molecule has 0 aliphatic carbocycles. The number of nitrogens with one attached hydrogen (secondary N) is 2. The fourth-order valence-corrected chi connectivity index (χ4v) is 2.89. The van der Waals surface area contributed by atoms with Crippen molar-refractivity contribution in [3.05, 3.63) is 46.1 Å². The Labute approximate surface area is 174 Å². The Balaban J connectivity index is 1.60. The molecule has 29 heavy (non-hydrogen) atoms. The second-order valence-electron chi connectivity index (χ2n) is 6.17. The van der Waals surface area contributed by atoms with E-state index in [1.165, 1.54) is 18.2 Å². The lowest BCUT2D eigenvalue weighted by molar-refractivity contribution is 0.305. The molecule has 3 N–H and O–H groups in total. The number of hydrogen-bond acceptors (Lipinski definition) is 8. The van der Waals surface area contributed by atoms with Crippen molar-refractivity contribution in [1.29, 1.82) is 0 Å². The number of benzene rings is 1. The van der Waals surface area contributed by atoms with E-state index < -0.39 is 5.82 Å². The molecule has 0 spiro atoms. The van der Waals surface area contributed by atoms with Gasteiger partial charge in [-0.3, -0.25) is 4.68 Å². The molecule has 0 fully saturated rings. The smallest absolute Gasteiger partial charge is 0.203 e. The number of halogens is 2. The van der Waals surface area contributed by atoms with E-state index in [1.54, 1.807) is 4.68 Å². The van der Waals surface area contributed by atoms with Gasteiger partial charge in [-0.2, -0.15) is 0 Å². The van der Waals surface area contributed by atoms with Gasteiger partial charge in [-0.25, -0.2) is 9.02 Å². The van der Waals surface area contributed by atoms with Gasteiger partial charge in [-0.15, -0.1) is 5.10 Å². The van der Waals surface area contributed by atoms with Gasteiger partial charge in [-0.05, 0) is 57.3 Å². The lowest BCUT2D eigenvalue weighted by Gasteiger charge is -2.08. The van der Waals surface area contributed by atoms with Crippen molar-refractivity contribution in [1.82, 2.24) is 25.3 Å². The number of unbranched alkanes of at least 4 members (excludes halogenated alkanes) is 1. The normalized spacial score (nSPS) is 11.6. The van der Waals surface area contributed by atoms with Crippen molar-refractivity contribution < 1.29 is 14.2 Å². The van der Waals surface area contributed by atoms with E-state index in [-0.39, 0.29) is 21.8 Å². The molecule has 0 atom stereocenters. The fraction of sp³-hybridized carbons (Fsp3) is 0.353. The van der Waals surface area contributed by atoms with E-state index in [4.69, 9.17) is 4.63 Å². The van der Waals surface area contributed by atoms with Crippen LogP contribution in [0.5, 0.6) is 0 Å². The molecule has 0 aliphatic heterocycles. The third-order valence-corrected chi connectivity index (χ3v) is 4.61. The zero-order chi connectivity index (χ0) is 20.6. The highest BCUT2D eigenvalue weighted by atomic mass is 79.9. The molecule has 0 unspecified atom stereocenters. The third-order valence-electron chi connectivity index (χ3n) is 4.00. The zero-order valence-electron chi connectivity index (χ0n) is 15.6. The summed E-state index contributed by atoms with van der Waals surface area (Å²) < 4.78 is 20.1. The molecule has 0 aliphatic rings. The van der Waals surface area contributed by atoms with Crippen LogP contribution in [-0.2, 0) is 13.0 Å². The first-order valence-electron chi connectivity index (χ1n) is 9.00. The van der Waals surface area contributed by atoms with Gasteiger partial charge in [0, 0.05) is 18.4 Å². The minimum Gasteiger partial charge on any atom is -0.409 e. The minimum atomic E-state index is -0.408. The summed E-state index contributed by atoms with van der Waals surface area (Å²) in [6.45, 7) is 3.15. The number of amidine groups is 1. The van der Waals surface area contributed by atoms with Crippen LogP contribution >= 0.6 is 15.9 Å². The summed E-state index contributed by atoms with van der Waals surface area (Å²) >= 11 is 3.10. The summed E-state index contributed by atoms with van der Waals surface area (Å²) in [5, 5.41) is 34.2. The maximum absolute atomic E-state index is 13.4. The second kappa shape index (κ2) is 9.96. The number of hydrogen-bond donors (Lipinski definition) is 3. The highest BCUT2D eigenvalue weighted by Crippen LogP contribution is 2.21. The van der Waals surface area contributed by atoms with Gasteiger partial charge < -0.3 is 15.8 Å². The standard InChI is InChI=1S/C17H20BrFN8O2/c1-2-3-4-12-10-27(26-22-12)8-7-20-16-15(24-29-25-16)17(23-28)21-11-5-6-14(19)13(18)9-11/h5-6,9-10,28H,2-4,7-8H2,1H3,(H,20,25)(H,21,23). The van der Waals surface area contributed by atoms with E-state index in [2.05, 4.69) is 59.3 Å². The monoisotopic (exact) mass is 466 g/mol. The highest BCUT2D eigenvalue weighted by Gasteiger charge is 2.18. The molecule has 0 bridgehead atoms. The van der Waals surface area contributed by atoms with Gasteiger partial charge in [0.05, 0.1) is 16.7 Å². The molecule has 2 aromatic heterocycles. The predicted molar refractivity (Wildman–Crippen MR) is 107 cm³/mol. The van der Waals surface area contributed by atoms with Gasteiger partial charge in [0.15, 0.2) is 5.69 Å². The Kier molecular flexibility index (Phi) is 7.11. The van der Waals surface area contributed by atoms with E-state index in [9.17, 15) is 9.60 Å². The van der Waals surface area contributed by atoms with Crippen molar-refractivity contribution in [2.24, 2.45) is 5.16 Å². The quantitative estimate of drug-likeness (QED) is 0.190. The first kappa shape index (κ1) is 20.7. The van der Waals surface area contributed by atoms with Crippen molar-refractivity contribution >= 4 is 33.3 Å². The number of nitrogens with zero attached hydrogens (tertiary/aromatic N) is 6. The molecular formula is C17H20BrFN8O2. The number of aromatic nitrogens is 5. The molecular weight excluding hydrogens is 447 g/mol. The van der Waals surface area contributed by atoms with Crippen LogP contribution in [0, 0.1) is 5.82 Å². The molecule has 154 valence electrons. The topological polar surface area (TPSA) is 126 Å². The van der Waals surface area contributed by atoms with Crippen LogP contribution in [0.25, 0.3) is 0 Å². The molecule has 12 heteroatoms. The molecule has 0 amide bonds. The van der Waals surface area contributed by atoms with Crippen molar-refractivity contribution in [3.8, 4) is 0 Å². The van der Waals surface area contributed by atoms with Crippen molar-refractivity contribution in [2.75, 3.05) is 17.2 Å². The largest absolute Gasteiger partial charge is 0.409 e. The van der Waals surface area contributed by atoms with E-state index >= 15 is 0 Å². The number of aryl methyl sites for hydroxylation is 1. The van der Waals surface area contributed by atoms with Gasteiger partial charge in [-0.1, -0.05) is 23.7 Å². The van der Waals surface area contributed by atoms with Crippen molar-refractivity contribution in [2.45, 2.75) is 32.7 Å². The maximum Gasteiger partial charge on any atom is 0.203 e. The Hall–Kier alpha value is -3.02. The molecule has 0 saturated heterocycles. The summed E-state index contributed by atoms with van der Waals surface area (Å²) in [5.74, 6) is -0.123. The van der Waals surface area contributed by atoms with Crippen LogP contribution in [0.4, 0.5) is 15.9 Å². The Morgan fingerprint density at radius 2 is 2.24 bits per heavy atom. The van der Waals surface area contributed by atoms with Gasteiger partial charge in [0.25, 0.3) is 0 Å². The SMILES string of the molecule is CCCCc1cn(CCNc2nonc2C(=NO)Nc2ccc(F)c(Br)c2)nn1. The average Bonchev–Trinajstić information content (AvgIpc) is 3.37.